The van der Waals surface area contributed by atoms with E-state index in [1.165, 1.54) is 0 Å². The molecular formula is C14H18N2O. The van der Waals surface area contributed by atoms with E-state index in [-0.39, 0.29) is 17.7 Å². The molecule has 0 saturated carbocycles. The summed E-state index contributed by atoms with van der Waals surface area (Å²) in [6.07, 6.45) is 2.01. The number of carbonyl (C=O) groups excluding carboxylic acids is 1. The highest BCUT2D eigenvalue weighted by Crippen LogP contribution is 2.31. The summed E-state index contributed by atoms with van der Waals surface area (Å²) < 4.78 is 2.04. The van der Waals surface area contributed by atoms with Crippen molar-refractivity contribution in [3.63, 3.8) is 0 Å². The molecule has 0 fully saturated rings. The molecule has 0 radical (unpaired) electrons. The Morgan fingerprint density at radius 3 is 2.53 bits per heavy atom. The van der Waals surface area contributed by atoms with E-state index in [2.05, 4.69) is 6.07 Å². The highest BCUT2D eigenvalue weighted by atomic mass is 16.1. The van der Waals surface area contributed by atoms with Crippen LogP contribution in [0.1, 0.15) is 25.3 Å². The van der Waals surface area contributed by atoms with Gasteiger partial charge in [0, 0.05) is 24.1 Å². The zero-order valence-corrected chi connectivity index (χ0v) is 10.5. The molecule has 2 rings (SSSR count). The summed E-state index contributed by atoms with van der Waals surface area (Å²) in [5, 5.41) is 1.12. The van der Waals surface area contributed by atoms with Gasteiger partial charge in [-0.2, -0.15) is 0 Å². The highest BCUT2D eigenvalue weighted by molar-refractivity contribution is 5.91. The number of para-hydroxylation sites is 1. The fraction of sp³-hybridized carbons (Fsp3) is 0.357. The molecule has 90 valence electrons. The van der Waals surface area contributed by atoms with E-state index in [9.17, 15) is 4.79 Å². The molecule has 2 N–H and O–H groups in total. The minimum absolute atomic E-state index is 0.207. The van der Waals surface area contributed by atoms with Crippen LogP contribution in [0.25, 0.3) is 10.9 Å². The number of aromatic nitrogens is 1. The molecule has 1 atom stereocenters. The van der Waals surface area contributed by atoms with Crippen LogP contribution in [0.15, 0.2) is 30.5 Å². The minimum atomic E-state index is -0.253. The molecule has 0 saturated heterocycles. The fourth-order valence-electron chi connectivity index (χ4n) is 2.46. The standard InChI is InChI=1S/C14H18N2O/c1-9(2)13(14(15)17)11-8-16(3)12-7-5-4-6-10(11)12/h4-9,13H,1-3H3,(H2,15,17). The Morgan fingerprint density at radius 1 is 1.29 bits per heavy atom. The van der Waals surface area contributed by atoms with Gasteiger partial charge in [-0.3, -0.25) is 4.79 Å². The van der Waals surface area contributed by atoms with Crippen LogP contribution in [0, 0.1) is 5.92 Å². The van der Waals surface area contributed by atoms with Crippen molar-refractivity contribution in [1.29, 1.82) is 0 Å². The van der Waals surface area contributed by atoms with E-state index >= 15 is 0 Å². The number of fused-ring (bicyclic) bond motifs is 1. The predicted molar refractivity (Wildman–Crippen MR) is 69.7 cm³/mol. The Balaban J connectivity index is 2.65. The number of primary amides is 1. The summed E-state index contributed by atoms with van der Waals surface area (Å²) in [4.78, 5) is 11.6. The maximum Gasteiger partial charge on any atom is 0.225 e. The molecule has 17 heavy (non-hydrogen) atoms. The van der Waals surface area contributed by atoms with Gasteiger partial charge in [0.2, 0.25) is 5.91 Å². The topological polar surface area (TPSA) is 48.0 Å². The van der Waals surface area contributed by atoms with Gasteiger partial charge in [0.15, 0.2) is 0 Å². The van der Waals surface area contributed by atoms with Gasteiger partial charge in [0.25, 0.3) is 0 Å². The average molecular weight is 230 g/mol. The molecule has 3 heteroatoms. The highest BCUT2D eigenvalue weighted by Gasteiger charge is 2.24. The van der Waals surface area contributed by atoms with E-state index in [0.717, 1.165) is 16.5 Å². The van der Waals surface area contributed by atoms with Gasteiger partial charge >= 0.3 is 0 Å². The average Bonchev–Trinajstić information content (AvgIpc) is 2.56. The minimum Gasteiger partial charge on any atom is -0.369 e. The Kier molecular flexibility index (Phi) is 2.92. The lowest BCUT2D eigenvalue weighted by Crippen LogP contribution is -2.25. The monoisotopic (exact) mass is 230 g/mol. The van der Waals surface area contributed by atoms with Gasteiger partial charge in [-0.25, -0.2) is 0 Å². The Morgan fingerprint density at radius 2 is 1.94 bits per heavy atom. The number of nitrogens with zero attached hydrogens (tertiary/aromatic N) is 1. The van der Waals surface area contributed by atoms with Crippen LogP contribution in [0.2, 0.25) is 0 Å². The molecular weight excluding hydrogens is 212 g/mol. The molecule has 1 amide bonds. The van der Waals surface area contributed by atoms with Crippen molar-refractivity contribution < 1.29 is 4.79 Å². The van der Waals surface area contributed by atoms with Gasteiger partial charge in [-0.1, -0.05) is 32.0 Å². The van der Waals surface area contributed by atoms with Crippen molar-refractivity contribution in [3.05, 3.63) is 36.0 Å². The van der Waals surface area contributed by atoms with Gasteiger partial charge < -0.3 is 10.3 Å². The maximum absolute atomic E-state index is 11.6. The van der Waals surface area contributed by atoms with Crippen LogP contribution in [0.4, 0.5) is 0 Å². The molecule has 0 aliphatic rings. The first-order valence-corrected chi connectivity index (χ1v) is 5.85. The summed E-state index contributed by atoms with van der Waals surface area (Å²) >= 11 is 0. The Hall–Kier alpha value is -1.77. The quantitative estimate of drug-likeness (QED) is 0.864. The number of hydrogen-bond acceptors (Lipinski definition) is 1. The van der Waals surface area contributed by atoms with Crippen molar-refractivity contribution in [2.45, 2.75) is 19.8 Å². The van der Waals surface area contributed by atoms with E-state index in [4.69, 9.17) is 5.73 Å². The largest absolute Gasteiger partial charge is 0.369 e. The maximum atomic E-state index is 11.6. The molecule has 1 heterocycles. The third-order valence-electron chi connectivity index (χ3n) is 3.24. The third kappa shape index (κ3) is 1.93. The SMILES string of the molecule is CC(C)C(C(N)=O)c1cn(C)c2ccccc12. The summed E-state index contributed by atoms with van der Waals surface area (Å²) in [7, 11) is 1.99. The molecule has 0 aliphatic heterocycles. The number of aryl methyl sites for hydroxylation is 1. The van der Waals surface area contributed by atoms with E-state index in [1.807, 2.05) is 49.9 Å². The lowest BCUT2D eigenvalue weighted by atomic mass is 9.88. The Bertz CT molecular complexity index is 554. The van der Waals surface area contributed by atoms with Crippen molar-refractivity contribution in [2.75, 3.05) is 0 Å². The summed E-state index contributed by atoms with van der Waals surface area (Å²) in [5.41, 5.74) is 7.69. The van der Waals surface area contributed by atoms with Crippen LogP contribution in [-0.2, 0) is 11.8 Å². The van der Waals surface area contributed by atoms with Gasteiger partial charge in [0.1, 0.15) is 0 Å². The second-order valence-electron chi connectivity index (χ2n) is 4.84. The van der Waals surface area contributed by atoms with Crippen LogP contribution < -0.4 is 5.73 Å². The normalized spacial score (nSPS) is 13.2. The second-order valence-corrected chi connectivity index (χ2v) is 4.84. The lowest BCUT2D eigenvalue weighted by Gasteiger charge is -2.16. The predicted octanol–water partition coefficient (Wildman–Crippen LogP) is 2.40. The van der Waals surface area contributed by atoms with Crippen molar-refractivity contribution in [2.24, 2.45) is 18.7 Å². The first-order valence-electron chi connectivity index (χ1n) is 5.85. The number of nitrogens with two attached hydrogens (primary N) is 1. The first-order chi connectivity index (χ1) is 8.02. The van der Waals surface area contributed by atoms with Crippen molar-refractivity contribution in [1.82, 2.24) is 4.57 Å². The Labute approximate surface area is 101 Å². The lowest BCUT2D eigenvalue weighted by molar-refractivity contribution is -0.120. The third-order valence-corrected chi connectivity index (χ3v) is 3.24. The molecule has 1 aromatic carbocycles. The first kappa shape index (κ1) is 11.7. The summed E-state index contributed by atoms with van der Waals surface area (Å²) in [5.74, 6) is -0.268. The van der Waals surface area contributed by atoms with E-state index in [0.29, 0.717) is 0 Å². The van der Waals surface area contributed by atoms with Crippen molar-refractivity contribution >= 4 is 16.8 Å². The van der Waals surface area contributed by atoms with E-state index in [1.54, 1.807) is 0 Å². The molecule has 3 nitrogen and oxygen atoms in total. The van der Waals surface area contributed by atoms with Crippen molar-refractivity contribution in [3.8, 4) is 0 Å². The van der Waals surface area contributed by atoms with Gasteiger partial charge in [-0.05, 0) is 17.5 Å². The smallest absolute Gasteiger partial charge is 0.225 e. The number of carbonyl (C=O) groups is 1. The zero-order chi connectivity index (χ0) is 12.6. The van der Waals surface area contributed by atoms with Gasteiger partial charge in [-0.15, -0.1) is 0 Å². The van der Waals surface area contributed by atoms with Crippen LogP contribution in [0.5, 0.6) is 0 Å². The molecule has 1 unspecified atom stereocenters. The fourth-order valence-corrected chi connectivity index (χ4v) is 2.46. The number of benzene rings is 1. The second kappa shape index (κ2) is 4.24. The van der Waals surface area contributed by atoms with Crippen LogP contribution in [-0.4, -0.2) is 10.5 Å². The molecule has 1 aromatic heterocycles. The van der Waals surface area contributed by atoms with Crippen LogP contribution >= 0.6 is 0 Å². The van der Waals surface area contributed by atoms with Crippen LogP contribution in [0.3, 0.4) is 0 Å². The molecule has 0 aliphatic carbocycles. The number of hydrogen-bond donors (Lipinski definition) is 1. The number of amides is 1. The zero-order valence-electron chi connectivity index (χ0n) is 10.5. The van der Waals surface area contributed by atoms with Gasteiger partial charge in [0.05, 0.1) is 5.92 Å². The summed E-state index contributed by atoms with van der Waals surface area (Å²) in [6.45, 7) is 4.05. The number of rotatable bonds is 3. The molecule has 2 aromatic rings. The summed E-state index contributed by atoms with van der Waals surface area (Å²) in [6, 6.07) is 8.09. The van der Waals surface area contributed by atoms with E-state index < -0.39 is 0 Å². The molecule has 0 bridgehead atoms. The molecule has 0 spiro atoms.